The second-order valence-electron chi connectivity index (χ2n) is 8.21. The number of halogens is 3. The number of nitrogens with zero attached hydrogens (tertiary/aromatic N) is 4. The number of hydrogen-bond donors (Lipinski definition) is 0. The number of alkyl halides is 3. The van der Waals surface area contributed by atoms with Crippen LogP contribution in [-0.4, -0.2) is 78.5 Å². The number of amides is 3. The minimum Gasteiger partial charge on any atom is -0.369 e. The van der Waals surface area contributed by atoms with Gasteiger partial charge in [-0.1, -0.05) is 6.07 Å². The molecule has 0 bridgehead atoms. The highest BCUT2D eigenvalue weighted by atomic mass is 19.4. The van der Waals surface area contributed by atoms with E-state index in [0.717, 1.165) is 45.0 Å². The Hall–Kier alpha value is -2.29. The van der Waals surface area contributed by atoms with Gasteiger partial charge in [0.25, 0.3) is 5.91 Å². The summed E-state index contributed by atoms with van der Waals surface area (Å²) in [5, 5.41) is 0. The van der Waals surface area contributed by atoms with Crippen LogP contribution in [0.1, 0.15) is 31.2 Å². The van der Waals surface area contributed by atoms with Crippen molar-refractivity contribution in [3.05, 3.63) is 29.8 Å². The highest BCUT2D eigenvalue weighted by Gasteiger charge is 2.45. The van der Waals surface area contributed by atoms with Crippen molar-refractivity contribution in [2.75, 3.05) is 50.7 Å². The van der Waals surface area contributed by atoms with Crippen molar-refractivity contribution in [3.8, 4) is 0 Å². The minimum absolute atomic E-state index is 0.0611. The normalized spacial score (nSPS) is 23.3. The molecule has 3 aliphatic heterocycles. The molecule has 0 aliphatic carbocycles. The molecular weight excluding hydrogens is 397 g/mol. The lowest BCUT2D eigenvalue weighted by Crippen LogP contribution is -2.47. The molecule has 0 aromatic heterocycles. The van der Waals surface area contributed by atoms with Crippen molar-refractivity contribution < 1.29 is 22.8 Å². The lowest BCUT2D eigenvalue weighted by molar-refractivity contribution is -0.137. The number of piperidine rings is 1. The molecule has 0 radical (unpaired) electrons. The molecule has 1 aromatic rings. The minimum atomic E-state index is -4.34. The number of anilines is 1. The molecule has 6 nitrogen and oxygen atoms in total. The summed E-state index contributed by atoms with van der Waals surface area (Å²) in [5.74, 6) is -0.0611. The van der Waals surface area contributed by atoms with E-state index in [-0.39, 0.29) is 18.0 Å². The van der Waals surface area contributed by atoms with Crippen molar-refractivity contribution in [3.63, 3.8) is 0 Å². The first-order valence-corrected chi connectivity index (χ1v) is 10.6. The van der Waals surface area contributed by atoms with Gasteiger partial charge in [-0.15, -0.1) is 0 Å². The Bertz CT molecular complexity index is 769. The van der Waals surface area contributed by atoms with E-state index in [9.17, 15) is 22.8 Å². The molecule has 3 fully saturated rings. The predicted octanol–water partition coefficient (Wildman–Crippen LogP) is 3.03. The number of benzene rings is 1. The SMILES string of the molecule is O=C1[C@@H]2CCCCN2C(=O)N1CCCN1CCN(c2cccc(C(F)(F)F)c2)CC1. The van der Waals surface area contributed by atoms with E-state index in [1.807, 2.05) is 4.90 Å². The number of fused-ring (bicyclic) bond motifs is 1. The topological polar surface area (TPSA) is 47.1 Å². The largest absolute Gasteiger partial charge is 0.416 e. The Morgan fingerprint density at radius 1 is 0.967 bits per heavy atom. The molecule has 3 amide bonds. The summed E-state index contributed by atoms with van der Waals surface area (Å²) >= 11 is 0. The zero-order valence-corrected chi connectivity index (χ0v) is 16.9. The molecular formula is C21H27F3N4O2. The van der Waals surface area contributed by atoms with Crippen LogP contribution in [-0.2, 0) is 11.0 Å². The maximum atomic E-state index is 12.9. The van der Waals surface area contributed by atoms with Crippen molar-refractivity contribution in [1.82, 2.24) is 14.7 Å². The van der Waals surface area contributed by atoms with Crippen LogP contribution >= 0.6 is 0 Å². The molecule has 9 heteroatoms. The van der Waals surface area contributed by atoms with E-state index in [0.29, 0.717) is 38.3 Å². The van der Waals surface area contributed by atoms with E-state index in [1.165, 1.54) is 17.0 Å². The second-order valence-corrected chi connectivity index (χ2v) is 8.21. The van der Waals surface area contributed by atoms with Crippen LogP contribution in [0.3, 0.4) is 0 Å². The van der Waals surface area contributed by atoms with Gasteiger partial charge in [-0.25, -0.2) is 4.79 Å². The van der Waals surface area contributed by atoms with Crippen LogP contribution < -0.4 is 4.90 Å². The molecule has 3 heterocycles. The summed E-state index contributed by atoms with van der Waals surface area (Å²) in [6.07, 6.45) is -0.916. The van der Waals surface area contributed by atoms with Crippen LogP contribution in [0.4, 0.5) is 23.7 Å². The Labute approximate surface area is 174 Å². The monoisotopic (exact) mass is 424 g/mol. The standard InChI is InChI=1S/C21H27F3N4O2/c22-21(23,24)16-5-3-6-17(15-16)26-13-11-25(12-14-26)8-4-10-28-19(29)18-7-1-2-9-27(18)20(28)30/h3,5-6,15,18H,1-2,4,7-14H2/t18-/m0/s1. The summed E-state index contributed by atoms with van der Waals surface area (Å²) in [5.41, 5.74) is -0.0342. The molecule has 0 saturated carbocycles. The van der Waals surface area contributed by atoms with Gasteiger partial charge in [0, 0.05) is 45.0 Å². The van der Waals surface area contributed by atoms with Gasteiger partial charge in [-0.2, -0.15) is 13.2 Å². The van der Waals surface area contributed by atoms with Crippen LogP contribution in [0, 0.1) is 0 Å². The molecule has 3 aliphatic rings. The first-order chi connectivity index (χ1) is 14.3. The van der Waals surface area contributed by atoms with Gasteiger partial charge >= 0.3 is 12.2 Å². The van der Waals surface area contributed by atoms with Gasteiger partial charge in [0.1, 0.15) is 6.04 Å². The zero-order chi connectivity index (χ0) is 21.3. The number of carbonyl (C=O) groups excluding carboxylic acids is 2. The first kappa shape index (κ1) is 21.0. The molecule has 164 valence electrons. The third-order valence-corrected chi connectivity index (χ3v) is 6.30. The maximum absolute atomic E-state index is 12.9. The molecule has 0 unspecified atom stereocenters. The van der Waals surface area contributed by atoms with Gasteiger partial charge in [0.05, 0.1) is 5.56 Å². The van der Waals surface area contributed by atoms with Gasteiger partial charge in [0.2, 0.25) is 0 Å². The smallest absolute Gasteiger partial charge is 0.369 e. The van der Waals surface area contributed by atoms with Gasteiger partial charge in [-0.3, -0.25) is 14.6 Å². The molecule has 3 saturated heterocycles. The lowest BCUT2D eigenvalue weighted by Gasteiger charge is -2.36. The number of rotatable bonds is 5. The van der Waals surface area contributed by atoms with Gasteiger partial charge in [0.15, 0.2) is 0 Å². The van der Waals surface area contributed by atoms with Gasteiger partial charge < -0.3 is 9.80 Å². The third kappa shape index (κ3) is 4.26. The Balaban J connectivity index is 1.24. The van der Waals surface area contributed by atoms with E-state index in [2.05, 4.69) is 4.90 Å². The van der Waals surface area contributed by atoms with Crippen LogP contribution in [0.2, 0.25) is 0 Å². The van der Waals surface area contributed by atoms with Crippen LogP contribution in [0.25, 0.3) is 0 Å². The summed E-state index contributed by atoms with van der Waals surface area (Å²) in [6.45, 7) is 4.65. The molecule has 1 atom stereocenters. The number of imide groups is 1. The first-order valence-electron chi connectivity index (χ1n) is 10.6. The van der Waals surface area contributed by atoms with Crippen molar-refractivity contribution >= 4 is 17.6 Å². The Kier molecular flexibility index (Phi) is 5.90. The number of urea groups is 1. The molecule has 30 heavy (non-hydrogen) atoms. The van der Waals surface area contributed by atoms with Crippen LogP contribution in [0.15, 0.2) is 24.3 Å². The fourth-order valence-corrected chi connectivity index (χ4v) is 4.61. The summed E-state index contributed by atoms with van der Waals surface area (Å²) in [7, 11) is 0. The van der Waals surface area contributed by atoms with E-state index < -0.39 is 11.7 Å². The van der Waals surface area contributed by atoms with Crippen molar-refractivity contribution in [2.24, 2.45) is 0 Å². The Morgan fingerprint density at radius 3 is 2.43 bits per heavy atom. The quantitative estimate of drug-likeness (QED) is 0.682. The molecule has 1 aromatic carbocycles. The maximum Gasteiger partial charge on any atom is 0.416 e. The highest BCUT2D eigenvalue weighted by molar-refractivity contribution is 6.04. The highest BCUT2D eigenvalue weighted by Crippen LogP contribution is 2.32. The third-order valence-electron chi connectivity index (χ3n) is 6.30. The van der Waals surface area contributed by atoms with Crippen molar-refractivity contribution in [2.45, 2.75) is 37.9 Å². The number of piperazine rings is 1. The summed E-state index contributed by atoms with van der Waals surface area (Å²) in [6, 6.07) is 5.04. The molecule has 0 N–H and O–H groups in total. The van der Waals surface area contributed by atoms with Crippen molar-refractivity contribution in [1.29, 1.82) is 0 Å². The fourth-order valence-electron chi connectivity index (χ4n) is 4.61. The zero-order valence-electron chi connectivity index (χ0n) is 16.9. The van der Waals surface area contributed by atoms with E-state index in [4.69, 9.17) is 0 Å². The molecule has 0 spiro atoms. The average Bonchev–Trinajstić information content (AvgIpc) is 2.99. The predicted molar refractivity (Wildman–Crippen MR) is 106 cm³/mol. The Morgan fingerprint density at radius 2 is 1.73 bits per heavy atom. The van der Waals surface area contributed by atoms with E-state index >= 15 is 0 Å². The van der Waals surface area contributed by atoms with Crippen LogP contribution in [0.5, 0.6) is 0 Å². The number of carbonyl (C=O) groups is 2. The van der Waals surface area contributed by atoms with E-state index in [1.54, 1.807) is 11.0 Å². The second kappa shape index (κ2) is 8.45. The number of hydrogen-bond acceptors (Lipinski definition) is 4. The summed E-state index contributed by atoms with van der Waals surface area (Å²) in [4.78, 5) is 32.3. The van der Waals surface area contributed by atoms with Gasteiger partial charge in [-0.05, 0) is 50.4 Å². The summed E-state index contributed by atoms with van der Waals surface area (Å²) < 4.78 is 38.8. The lowest BCUT2D eigenvalue weighted by atomic mass is 10.0. The molecule has 4 rings (SSSR count). The fraction of sp³-hybridized carbons (Fsp3) is 0.619. The average molecular weight is 424 g/mol.